The molecule has 0 unspecified atom stereocenters. The van der Waals surface area contributed by atoms with E-state index in [0.29, 0.717) is 19.6 Å². The number of nitrogens with two attached hydrogens (primary N) is 1. The third kappa shape index (κ3) is 3.11. The number of amidine groups is 1. The lowest BCUT2D eigenvalue weighted by Crippen LogP contribution is -2.50. The number of pyridine rings is 1. The van der Waals surface area contributed by atoms with Gasteiger partial charge in [-0.3, -0.25) is 10.3 Å². The van der Waals surface area contributed by atoms with Crippen LogP contribution in [0, 0.1) is 11.2 Å². The molecule has 20 heavy (non-hydrogen) atoms. The van der Waals surface area contributed by atoms with E-state index < -0.39 is 20.9 Å². The fourth-order valence-electron chi connectivity index (χ4n) is 2.05. The minimum Gasteiger partial charge on any atom is -0.387 e. The second-order valence-electron chi connectivity index (χ2n) is 4.50. The summed E-state index contributed by atoms with van der Waals surface area (Å²) in [6.45, 7) is 1.67. The Hall–Kier alpha value is -1.58. The van der Waals surface area contributed by atoms with Gasteiger partial charge in [0, 0.05) is 32.4 Å². The lowest BCUT2D eigenvalue weighted by Gasteiger charge is -2.33. The number of hydrogen-bond donors (Lipinski definition) is 2. The van der Waals surface area contributed by atoms with Crippen molar-refractivity contribution in [3.05, 3.63) is 24.1 Å². The minimum atomic E-state index is -3.91. The van der Waals surface area contributed by atoms with Gasteiger partial charge in [-0.2, -0.15) is 4.31 Å². The predicted molar refractivity (Wildman–Crippen MR) is 71.3 cm³/mol. The lowest BCUT2D eigenvalue weighted by atomic mass is 10.3. The van der Waals surface area contributed by atoms with Crippen molar-refractivity contribution < 1.29 is 12.8 Å². The van der Waals surface area contributed by atoms with Crippen LogP contribution in [0.3, 0.4) is 0 Å². The molecule has 1 aliphatic heterocycles. The molecule has 110 valence electrons. The average Bonchev–Trinajstić information content (AvgIpc) is 2.39. The SMILES string of the molecule is N=C(N)CN1CCN(S(=O)(=O)c2ncccc2F)CC1. The van der Waals surface area contributed by atoms with E-state index in [9.17, 15) is 12.8 Å². The van der Waals surface area contributed by atoms with Crippen LogP contribution in [0.1, 0.15) is 0 Å². The molecule has 2 rings (SSSR count). The molecule has 0 bridgehead atoms. The number of sulfonamides is 1. The van der Waals surface area contributed by atoms with E-state index in [4.69, 9.17) is 11.1 Å². The van der Waals surface area contributed by atoms with Crippen molar-refractivity contribution >= 4 is 15.9 Å². The summed E-state index contributed by atoms with van der Waals surface area (Å²) in [4.78, 5) is 5.50. The van der Waals surface area contributed by atoms with Crippen molar-refractivity contribution in [1.29, 1.82) is 5.41 Å². The maximum absolute atomic E-state index is 13.6. The Morgan fingerprint density at radius 1 is 1.40 bits per heavy atom. The molecule has 0 saturated carbocycles. The van der Waals surface area contributed by atoms with Gasteiger partial charge in [-0.05, 0) is 12.1 Å². The maximum atomic E-state index is 13.6. The van der Waals surface area contributed by atoms with Crippen LogP contribution in [0.2, 0.25) is 0 Å². The second kappa shape index (κ2) is 5.81. The Morgan fingerprint density at radius 2 is 2.05 bits per heavy atom. The van der Waals surface area contributed by atoms with Gasteiger partial charge < -0.3 is 5.73 Å². The zero-order valence-electron chi connectivity index (χ0n) is 10.8. The van der Waals surface area contributed by atoms with Crippen molar-refractivity contribution in [3.8, 4) is 0 Å². The topological polar surface area (TPSA) is 103 Å². The molecule has 0 atom stereocenters. The van der Waals surface area contributed by atoms with E-state index >= 15 is 0 Å². The molecule has 0 radical (unpaired) electrons. The van der Waals surface area contributed by atoms with Crippen LogP contribution in [0.15, 0.2) is 23.4 Å². The summed E-state index contributed by atoms with van der Waals surface area (Å²) in [6, 6.07) is 2.42. The summed E-state index contributed by atoms with van der Waals surface area (Å²) in [5, 5.41) is 6.67. The Balaban J connectivity index is 2.10. The average molecular weight is 301 g/mol. The van der Waals surface area contributed by atoms with Crippen LogP contribution < -0.4 is 5.73 Å². The molecule has 1 aromatic heterocycles. The van der Waals surface area contributed by atoms with E-state index in [0.717, 1.165) is 6.07 Å². The molecule has 2 heterocycles. The molecule has 0 aromatic carbocycles. The fourth-order valence-corrected chi connectivity index (χ4v) is 3.45. The molecular formula is C11H16FN5O2S. The smallest absolute Gasteiger partial charge is 0.263 e. The zero-order valence-corrected chi connectivity index (χ0v) is 11.6. The Labute approximate surface area is 116 Å². The van der Waals surface area contributed by atoms with Gasteiger partial charge >= 0.3 is 0 Å². The second-order valence-corrected chi connectivity index (χ2v) is 6.35. The van der Waals surface area contributed by atoms with Gasteiger partial charge in [-0.1, -0.05) is 0 Å². The minimum absolute atomic E-state index is 0.0390. The van der Waals surface area contributed by atoms with E-state index in [1.807, 2.05) is 4.90 Å². The molecular weight excluding hydrogens is 285 g/mol. The highest BCUT2D eigenvalue weighted by molar-refractivity contribution is 7.89. The van der Waals surface area contributed by atoms with Crippen LogP contribution >= 0.6 is 0 Å². The van der Waals surface area contributed by atoms with Gasteiger partial charge in [0.2, 0.25) is 5.03 Å². The largest absolute Gasteiger partial charge is 0.387 e. The van der Waals surface area contributed by atoms with Gasteiger partial charge in [-0.15, -0.1) is 0 Å². The zero-order chi connectivity index (χ0) is 14.8. The van der Waals surface area contributed by atoms with Gasteiger partial charge in [0.1, 0.15) is 5.84 Å². The third-order valence-electron chi connectivity index (χ3n) is 3.03. The summed E-state index contributed by atoms with van der Waals surface area (Å²) in [6.07, 6.45) is 1.25. The molecule has 3 N–H and O–H groups in total. The van der Waals surface area contributed by atoms with Crippen LogP contribution in [0.4, 0.5) is 4.39 Å². The molecule has 0 spiro atoms. The highest BCUT2D eigenvalue weighted by Crippen LogP contribution is 2.17. The van der Waals surface area contributed by atoms with Gasteiger partial charge in [0.05, 0.1) is 6.54 Å². The van der Waals surface area contributed by atoms with E-state index in [1.54, 1.807) is 0 Å². The molecule has 0 amide bonds. The lowest BCUT2D eigenvalue weighted by molar-refractivity contribution is 0.208. The third-order valence-corrected chi connectivity index (χ3v) is 4.87. The quantitative estimate of drug-likeness (QED) is 0.574. The number of nitrogens with zero attached hydrogens (tertiary/aromatic N) is 3. The Bertz CT molecular complexity index is 599. The van der Waals surface area contributed by atoms with Gasteiger partial charge in [0.25, 0.3) is 10.0 Å². The Kier molecular flexibility index (Phi) is 4.31. The monoisotopic (exact) mass is 301 g/mol. The van der Waals surface area contributed by atoms with E-state index in [1.165, 1.54) is 16.6 Å². The molecule has 7 nitrogen and oxygen atoms in total. The van der Waals surface area contributed by atoms with E-state index in [-0.39, 0.29) is 18.9 Å². The molecule has 9 heteroatoms. The fraction of sp³-hybridized carbons (Fsp3) is 0.455. The van der Waals surface area contributed by atoms with Crippen LogP contribution in [-0.2, 0) is 10.0 Å². The first-order chi connectivity index (χ1) is 9.41. The first-order valence-corrected chi connectivity index (χ1v) is 7.51. The van der Waals surface area contributed by atoms with Gasteiger partial charge in [0.15, 0.2) is 5.82 Å². The summed E-state index contributed by atoms with van der Waals surface area (Å²) in [5.74, 6) is -0.809. The van der Waals surface area contributed by atoms with Crippen LogP contribution in [0.5, 0.6) is 0 Å². The predicted octanol–water partition coefficient (Wildman–Crippen LogP) is -0.537. The molecule has 1 fully saturated rings. The summed E-state index contributed by atoms with van der Waals surface area (Å²) < 4.78 is 39.3. The summed E-state index contributed by atoms with van der Waals surface area (Å²) in [7, 11) is -3.91. The van der Waals surface area contributed by atoms with Crippen LogP contribution in [0.25, 0.3) is 0 Å². The highest BCUT2D eigenvalue weighted by Gasteiger charge is 2.31. The molecule has 1 aliphatic rings. The highest BCUT2D eigenvalue weighted by atomic mass is 32.2. The number of aromatic nitrogens is 1. The van der Waals surface area contributed by atoms with Gasteiger partial charge in [-0.25, -0.2) is 17.8 Å². The first-order valence-electron chi connectivity index (χ1n) is 6.07. The van der Waals surface area contributed by atoms with Crippen molar-refractivity contribution in [2.75, 3.05) is 32.7 Å². The Morgan fingerprint density at radius 3 is 2.60 bits per heavy atom. The maximum Gasteiger partial charge on any atom is 0.263 e. The van der Waals surface area contributed by atoms with Crippen molar-refractivity contribution in [2.24, 2.45) is 5.73 Å². The standard InChI is InChI=1S/C11H16FN5O2S/c12-9-2-1-3-15-11(9)20(18,19)17-6-4-16(5-7-17)8-10(13)14/h1-3H,4-8H2,(H3,13,14). The van der Waals surface area contributed by atoms with Crippen molar-refractivity contribution in [3.63, 3.8) is 0 Å². The number of piperazine rings is 1. The first kappa shape index (κ1) is 14.8. The number of hydrogen-bond acceptors (Lipinski definition) is 5. The van der Waals surface area contributed by atoms with Crippen molar-refractivity contribution in [2.45, 2.75) is 5.03 Å². The number of rotatable bonds is 4. The normalized spacial score (nSPS) is 18.1. The number of nitrogens with one attached hydrogen (secondary N) is 1. The molecule has 1 saturated heterocycles. The molecule has 0 aliphatic carbocycles. The number of halogens is 1. The molecule has 1 aromatic rings. The summed E-state index contributed by atoms with van der Waals surface area (Å²) in [5.41, 5.74) is 5.30. The summed E-state index contributed by atoms with van der Waals surface area (Å²) >= 11 is 0. The van der Waals surface area contributed by atoms with E-state index in [2.05, 4.69) is 4.98 Å². The van der Waals surface area contributed by atoms with Crippen molar-refractivity contribution in [1.82, 2.24) is 14.2 Å². The van der Waals surface area contributed by atoms with Crippen LogP contribution in [-0.4, -0.2) is 61.2 Å².